The molecular weight excluding hydrogens is 286 g/mol. The van der Waals surface area contributed by atoms with Crippen LogP contribution >= 0.6 is 0 Å². The molecule has 0 bridgehead atoms. The number of fused-ring (bicyclic) bond motifs is 1. The van der Waals surface area contributed by atoms with E-state index < -0.39 is 0 Å². The van der Waals surface area contributed by atoms with Gasteiger partial charge in [-0.1, -0.05) is 36.4 Å². The Kier molecular flexibility index (Phi) is 3.08. The van der Waals surface area contributed by atoms with E-state index in [1.54, 1.807) is 16.9 Å². The van der Waals surface area contributed by atoms with Gasteiger partial charge < -0.3 is 5.11 Å². The summed E-state index contributed by atoms with van der Waals surface area (Å²) in [5, 5.41) is 17.1. The molecule has 0 atom stereocenters. The van der Waals surface area contributed by atoms with Crippen molar-refractivity contribution in [2.75, 3.05) is 0 Å². The van der Waals surface area contributed by atoms with E-state index in [9.17, 15) is 5.11 Å². The molecule has 4 aromatic rings. The van der Waals surface area contributed by atoms with Crippen LogP contribution in [-0.4, -0.2) is 19.9 Å². The molecule has 0 aliphatic heterocycles. The van der Waals surface area contributed by atoms with Crippen molar-refractivity contribution in [1.82, 2.24) is 14.8 Å². The maximum atomic E-state index is 10.4. The van der Waals surface area contributed by atoms with Crippen LogP contribution < -0.4 is 0 Å². The minimum absolute atomic E-state index is 0.231. The first-order chi connectivity index (χ1) is 11.2. The average Bonchev–Trinajstić information content (AvgIpc) is 2.97. The van der Waals surface area contributed by atoms with E-state index in [2.05, 4.69) is 10.1 Å². The number of benzene rings is 2. The SMILES string of the molecule is Cc1cc(-c2c(O)ccc3ccccc23)nn1-c1ccccn1. The van der Waals surface area contributed by atoms with Gasteiger partial charge in [-0.3, -0.25) is 0 Å². The highest BCUT2D eigenvalue weighted by atomic mass is 16.3. The zero-order valence-corrected chi connectivity index (χ0v) is 12.6. The lowest BCUT2D eigenvalue weighted by Crippen LogP contribution is -2.00. The summed E-state index contributed by atoms with van der Waals surface area (Å²) in [7, 11) is 0. The van der Waals surface area contributed by atoms with Crippen molar-refractivity contribution in [2.45, 2.75) is 6.92 Å². The van der Waals surface area contributed by atoms with Crippen molar-refractivity contribution in [2.24, 2.45) is 0 Å². The van der Waals surface area contributed by atoms with E-state index in [-0.39, 0.29) is 5.75 Å². The first kappa shape index (κ1) is 13.5. The molecule has 4 rings (SSSR count). The van der Waals surface area contributed by atoms with Gasteiger partial charge in [0.1, 0.15) is 5.75 Å². The van der Waals surface area contributed by atoms with E-state index in [4.69, 9.17) is 0 Å². The Bertz CT molecular complexity index is 990. The number of pyridine rings is 1. The van der Waals surface area contributed by atoms with Crippen molar-refractivity contribution in [3.63, 3.8) is 0 Å². The largest absolute Gasteiger partial charge is 0.507 e. The monoisotopic (exact) mass is 301 g/mol. The van der Waals surface area contributed by atoms with Crippen LogP contribution in [0.2, 0.25) is 0 Å². The fourth-order valence-electron chi connectivity index (χ4n) is 2.84. The zero-order valence-electron chi connectivity index (χ0n) is 12.6. The van der Waals surface area contributed by atoms with Gasteiger partial charge >= 0.3 is 0 Å². The second-order valence-corrected chi connectivity index (χ2v) is 5.45. The molecule has 0 saturated carbocycles. The molecular formula is C19H15N3O. The summed E-state index contributed by atoms with van der Waals surface area (Å²) in [4.78, 5) is 4.34. The number of phenols is 1. The maximum Gasteiger partial charge on any atom is 0.153 e. The summed E-state index contributed by atoms with van der Waals surface area (Å²) in [5.74, 6) is 0.991. The normalized spacial score (nSPS) is 11.0. The first-order valence-electron chi connectivity index (χ1n) is 7.43. The van der Waals surface area contributed by atoms with Crippen LogP contribution in [0.5, 0.6) is 5.75 Å². The Labute approximate surface area is 133 Å². The third kappa shape index (κ3) is 2.25. The molecule has 2 aromatic carbocycles. The second-order valence-electron chi connectivity index (χ2n) is 5.45. The number of hydrogen-bond donors (Lipinski definition) is 1. The topological polar surface area (TPSA) is 50.9 Å². The fraction of sp³-hybridized carbons (Fsp3) is 0.0526. The Balaban J connectivity index is 1.95. The van der Waals surface area contributed by atoms with E-state index in [1.165, 1.54) is 0 Å². The molecule has 0 radical (unpaired) electrons. The van der Waals surface area contributed by atoms with E-state index in [0.717, 1.165) is 33.5 Å². The summed E-state index contributed by atoms with van der Waals surface area (Å²) in [6.07, 6.45) is 1.74. The summed E-state index contributed by atoms with van der Waals surface area (Å²) < 4.78 is 1.79. The molecule has 23 heavy (non-hydrogen) atoms. The number of aromatic hydroxyl groups is 1. The van der Waals surface area contributed by atoms with Crippen molar-refractivity contribution >= 4 is 10.8 Å². The molecule has 4 nitrogen and oxygen atoms in total. The molecule has 2 aromatic heterocycles. The van der Waals surface area contributed by atoms with Crippen molar-refractivity contribution < 1.29 is 5.11 Å². The van der Waals surface area contributed by atoms with Gasteiger partial charge in [0.05, 0.1) is 11.3 Å². The number of nitrogens with zero attached hydrogens (tertiary/aromatic N) is 3. The Morgan fingerprint density at radius 2 is 1.78 bits per heavy atom. The van der Waals surface area contributed by atoms with Crippen LogP contribution in [0.3, 0.4) is 0 Å². The third-order valence-electron chi connectivity index (χ3n) is 3.92. The van der Waals surface area contributed by atoms with E-state index in [1.807, 2.05) is 61.5 Å². The molecule has 0 saturated heterocycles. The number of phenolic OH excluding ortho intramolecular Hbond substituents is 1. The van der Waals surface area contributed by atoms with Crippen LogP contribution in [0.15, 0.2) is 66.9 Å². The molecule has 0 aliphatic carbocycles. The van der Waals surface area contributed by atoms with Gasteiger partial charge in [-0.05, 0) is 42.0 Å². The second kappa shape index (κ2) is 5.25. The molecule has 0 unspecified atom stereocenters. The predicted molar refractivity (Wildman–Crippen MR) is 90.7 cm³/mol. The Hall–Kier alpha value is -3.14. The van der Waals surface area contributed by atoms with Gasteiger partial charge in [0, 0.05) is 11.9 Å². The summed E-state index contributed by atoms with van der Waals surface area (Å²) in [6.45, 7) is 1.98. The van der Waals surface area contributed by atoms with Gasteiger partial charge in [0.2, 0.25) is 0 Å². The van der Waals surface area contributed by atoms with E-state index >= 15 is 0 Å². The molecule has 112 valence electrons. The molecule has 2 heterocycles. The lowest BCUT2D eigenvalue weighted by atomic mass is 10.0. The fourth-order valence-corrected chi connectivity index (χ4v) is 2.84. The Morgan fingerprint density at radius 1 is 0.957 bits per heavy atom. The number of rotatable bonds is 2. The average molecular weight is 301 g/mol. The van der Waals surface area contributed by atoms with Gasteiger partial charge in [-0.25, -0.2) is 9.67 Å². The lowest BCUT2D eigenvalue weighted by molar-refractivity contribution is 0.478. The quantitative estimate of drug-likeness (QED) is 0.606. The van der Waals surface area contributed by atoms with Gasteiger partial charge in [-0.15, -0.1) is 0 Å². The van der Waals surface area contributed by atoms with Crippen LogP contribution in [0.25, 0.3) is 27.8 Å². The van der Waals surface area contributed by atoms with Crippen molar-refractivity contribution in [1.29, 1.82) is 0 Å². The van der Waals surface area contributed by atoms with Gasteiger partial charge in [-0.2, -0.15) is 5.10 Å². The Morgan fingerprint density at radius 3 is 2.61 bits per heavy atom. The van der Waals surface area contributed by atoms with Crippen LogP contribution in [0.1, 0.15) is 5.69 Å². The maximum absolute atomic E-state index is 10.4. The molecule has 0 aliphatic rings. The minimum atomic E-state index is 0.231. The third-order valence-corrected chi connectivity index (χ3v) is 3.92. The van der Waals surface area contributed by atoms with Gasteiger partial charge in [0.15, 0.2) is 5.82 Å². The number of aryl methyl sites for hydroxylation is 1. The number of hydrogen-bond acceptors (Lipinski definition) is 3. The van der Waals surface area contributed by atoms with Crippen molar-refractivity contribution in [3.05, 3.63) is 72.6 Å². The lowest BCUT2D eigenvalue weighted by Gasteiger charge is -2.07. The highest BCUT2D eigenvalue weighted by molar-refractivity contribution is 5.98. The molecule has 1 N–H and O–H groups in total. The smallest absolute Gasteiger partial charge is 0.153 e. The van der Waals surface area contributed by atoms with E-state index in [0.29, 0.717) is 0 Å². The molecule has 0 fully saturated rings. The van der Waals surface area contributed by atoms with Crippen LogP contribution in [0.4, 0.5) is 0 Å². The highest BCUT2D eigenvalue weighted by Crippen LogP contribution is 2.36. The standard InChI is InChI=1S/C19H15N3O/c1-13-12-16(21-22(13)18-8-4-5-11-20-18)19-15-7-3-2-6-14(15)9-10-17(19)23/h2-12,23H,1H3. The van der Waals surface area contributed by atoms with Gasteiger partial charge in [0.25, 0.3) is 0 Å². The van der Waals surface area contributed by atoms with Crippen LogP contribution in [-0.2, 0) is 0 Å². The summed E-state index contributed by atoms with van der Waals surface area (Å²) in [6, 6.07) is 19.3. The van der Waals surface area contributed by atoms with Crippen molar-refractivity contribution in [3.8, 4) is 22.8 Å². The first-order valence-corrected chi connectivity index (χ1v) is 7.43. The summed E-state index contributed by atoms with van der Waals surface area (Å²) in [5.41, 5.74) is 2.45. The highest BCUT2D eigenvalue weighted by Gasteiger charge is 2.15. The molecule has 4 heteroatoms. The number of aromatic nitrogens is 3. The molecule has 0 amide bonds. The minimum Gasteiger partial charge on any atom is -0.507 e. The van der Waals surface area contributed by atoms with Crippen LogP contribution in [0, 0.1) is 6.92 Å². The predicted octanol–water partition coefficient (Wildman–Crippen LogP) is 4.10. The summed E-state index contributed by atoms with van der Waals surface area (Å²) >= 11 is 0. The zero-order chi connectivity index (χ0) is 15.8. The molecule has 0 spiro atoms.